The van der Waals surface area contributed by atoms with Crippen LogP contribution in [0.5, 0.6) is 0 Å². The SMILES string of the molecule is CN(C)C1(CNS(=O)(=O)c2cnn(CCO)c2)CCCC1. The molecule has 0 amide bonds. The van der Waals surface area contributed by atoms with Crippen molar-refractivity contribution >= 4 is 10.0 Å². The molecule has 1 fully saturated rings. The first kappa shape index (κ1) is 16.4. The quantitative estimate of drug-likeness (QED) is 0.741. The standard InChI is InChI=1S/C13H24N4O3S/c1-16(2)13(5-3-4-6-13)11-15-21(19,20)12-9-14-17(10-12)7-8-18/h9-10,15,18H,3-8,11H2,1-2H3. The molecule has 0 bridgehead atoms. The first-order chi connectivity index (χ1) is 9.89. The average molecular weight is 316 g/mol. The maximum atomic E-state index is 12.3. The molecule has 0 aromatic carbocycles. The Morgan fingerprint density at radius 1 is 1.43 bits per heavy atom. The molecule has 0 saturated heterocycles. The highest BCUT2D eigenvalue weighted by Gasteiger charge is 2.37. The molecule has 21 heavy (non-hydrogen) atoms. The van der Waals surface area contributed by atoms with Crippen LogP contribution in [0.1, 0.15) is 25.7 Å². The van der Waals surface area contributed by atoms with Crippen molar-refractivity contribution in [3.63, 3.8) is 0 Å². The fourth-order valence-corrected chi connectivity index (χ4v) is 3.91. The summed E-state index contributed by atoms with van der Waals surface area (Å²) >= 11 is 0. The Balaban J connectivity index is 2.06. The maximum Gasteiger partial charge on any atom is 0.243 e. The van der Waals surface area contributed by atoms with Gasteiger partial charge in [0.05, 0.1) is 19.3 Å². The largest absolute Gasteiger partial charge is 0.394 e. The molecule has 1 aromatic heterocycles. The van der Waals surface area contributed by atoms with E-state index in [-0.39, 0.29) is 23.6 Å². The average Bonchev–Trinajstić information content (AvgIpc) is 3.07. The minimum Gasteiger partial charge on any atom is -0.394 e. The molecule has 1 saturated carbocycles. The number of nitrogens with zero attached hydrogens (tertiary/aromatic N) is 3. The number of rotatable bonds is 7. The Morgan fingerprint density at radius 2 is 2.10 bits per heavy atom. The van der Waals surface area contributed by atoms with Gasteiger partial charge >= 0.3 is 0 Å². The lowest BCUT2D eigenvalue weighted by Gasteiger charge is -2.36. The lowest BCUT2D eigenvalue weighted by molar-refractivity contribution is 0.162. The van der Waals surface area contributed by atoms with Gasteiger partial charge in [0.15, 0.2) is 0 Å². The highest BCUT2D eigenvalue weighted by Crippen LogP contribution is 2.33. The zero-order chi connectivity index (χ0) is 15.5. The zero-order valence-corrected chi connectivity index (χ0v) is 13.4. The van der Waals surface area contributed by atoms with Crippen LogP contribution >= 0.6 is 0 Å². The van der Waals surface area contributed by atoms with Gasteiger partial charge in [0.1, 0.15) is 4.90 Å². The molecule has 8 heteroatoms. The summed E-state index contributed by atoms with van der Waals surface area (Å²) in [6.07, 6.45) is 7.03. The molecule has 1 aromatic rings. The van der Waals surface area contributed by atoms with E-state index in [4.69, 9.17) is 5.11 Å². The van der Waals surface area contributed by atoms with Crippen LogP contribution in [-0.2, 0) is 16.6 Å². The molecule has 2 rings (SSSR count). The van der Waals surface area contributed by atoms with Crippen molar-refractivity contribution in [2.45, 2.75) is 42.7 Å². The van der Waals surface area contributed by atoms with E-state index < -0.39 is 10.0 Å². The lowest BCUT2D eigenvalue weighted by Crippen LogP contribution is -2.50. The summed E-state index contributed by atoms with van der Waals surface area (Å²) in [5.41, 5.74) is -0.0891. The van der Waals surface area contributed by atoms with Crippen LogP contribution < -0.4 is 4.72 Å². The van der Waals surface area contributed by atoms with E-state index in [1.165, 1.54) is 17.1 Å². The second kappa shape index (κ2) is 6.43. The smallest absolute Gasteiger partial charge is 0.243 e. The predicted octanol–water partition coefficient (Wildman–Crippen LogP) is 0.0281. The van der Waals surface area contributed by atoms with Gasteiger partial charge in [-0.15, -0.1) is 0 Å². The number of aromatic nitrogens is 2. The molecule has 1 heterocycles. The topological polar surface area (TPSA) is 87.5 Å². The van der Waals surface area contributed by atoms with Gasteiger partial charge in [-0.05, 0) is 26.9 Å². The number of aliphatic hydroxyl groups excluding tert-OH is 1. The summed E-state index contributed by atoms with van der Waals surface area (Å²) < 4.78 is 28.8. The Kier molecular flexibility index (Phi) is 5.03. The molecule has 0 unspecified atom stereocenters. The number of likely N-dealkylation sites (N-methyl/N-ethyl adjacent to an activating group) is 1. The van der Waals surface area contributed by atoms with E-state index in [0.717, 1.165) is 25.7 Å². The first-order valence-electron chi connectivity index (χ1n) is 7.20. The van der Waals surface area contributed by atoms with Crippen molar-refractivity contribution in [1.29, 1.82) is 0 Å². The van der Waals surface area contributed by atoms with Crippen LogP contribution in [-0.4, -0.2) is 61.0 Å². The van der Waals surface area contributed by atoms with Crippen molar-refractivity contribution in [2.75, 3.05) is 27.2 Å². The molecule has 0 atom stereocenters. The summed E-state index contributed by atoms with van der Waals surface area (Å²) in [5, 5.41) is 12.8. The molecule has 2 N–H and O–H groups in total. The van der Waals surface area contributed by atoms with Gasteiger partial charge in [0.25, 0.3) is 0 Å². The monoisotopic (exact) mass is 316 g/mol. The zero-order valence-electron chi connectivity index (χ0n) is 12.6. The number of hydrogen-bond donors (Lipinski definition) is 2. The maximum absolute atomic E-state index is 12.3. The second-order valence-corrected chi connectivity index (χ2v) is 7.58. The van der Waals surface area contributed by atoms with Crippen LogP contribution in [0.25, 0.3) is 0 Å². The van der Waals surface area contributed by atoms with Crippen molar-refractivity contribution in [2.24, 2.45) is 0 Å². The first-order valence-corrected chi connectivity index (χ1v) is 8.68. The summed E-state index contributed by atoms with van der Waals surface area (Å²) in [6.45, 7) is 0.628. The van der Waals surface area contributed by atoms with E-state index in [2.05, 4.69) is 14.7 Å². The molecular formula is C13H24N4O3S. The summed E-state index contributed by atoms with van der Waals surface area (Å²) in [5.74, 6) is 0. The van der Waals surface area contributed by atoms with Crippen molar-refractivity contribution < 1.29 is 13.5 Å². The Bertz CT molecular complexity index is 562. The highest BCUT2D eigenvalue weighted by atomic mass is 32.2. The summed E-state index contributed by atoms with van der Waals surface area (Å²) in [6, 6.07) is 0. The van der Waals surface area contributed by atoms with Crippen molar-refractivity contribution in [3.8, 4) is 0 Å². The summed E-state index contributed by atoms with van der Waals surface area (Å²) in [7, 11) is 0.439. The van der Waals surface area contributed by atoms with Gasteiger partial charge in [0, 0.05) is 18.3 Å². The van der Waals surface area contributed by atoms with Gasteiger partial charge in [-0.2, -0.15) is 5.10 Å². The Hall–Kier alpha value is -0.960. The molecule has 1 aliphatic carbocycles. The van der Waals surface area contributed by atoms with Crippen molar-refractivity contribution in [3.05, 3.63) is 12.4 Å². The molecule has 120 valence electrons. The third-order valence-corrected chi connectivity index (χ3v) is 5.68. The van der Waals surface area contributed by atoms with Gasteiger partial charge in [0.2, 0.25) is 10.0 Å². The number of nitrogens with one attached hydrogen (secondary N) is 1. The highest BCUT2D eigenvalue weighted by molar-refractivity contribution is 7.89. The van der Waals surface area contributed by atoms with Crippen LogP contribution in [0.3, 0.4) is 0 Å². The van der Waals surface area contributed by atoms with E-state index in [0.29, 0.717) is 6.54 Å². The third-order valence-electron chi connectivity index (χ3n) is 4.32. The minimum absolute atomic E-state index is 0.0711. The molecule has 0 aliphatic heterocycles. The third kappa shape index (κ3) is 3.63. The summed E-state index contributed by atoms with van der Waals surface area (Å²) in [4.78, 5) is 2.26. The van der Waals surface area contributed by atoms with Crippen molar-refractivity contribution in [1.82, 2.24) is 19.4 Å². The predicted molar refractivity (Wildman–Crippen MR) is 79.4 cm³/mol. The van der Waals surface area contributed by atoms with Gasteiger partial charge < -0.3 is 10.0 Å². The van der Waals surface area contributed by atoms with Gasteiger partial charge in [-0.1, -0.05) is 12.8 Å². The molecule has 7 nitrogen and oxygen atoms in total. The second-order valence-electron chi connectivity index (χ2n) is 5.81. The van der Waals surface area contributed by atoms with E-state index in [1.807, 2.05) is 14.1 Å². The lowest BCUT2D eigenvalue weighted by atomic mass is 9.97. The Labute approximate surface area is 126 Å². The Morgan fingerprint density at radius 3 is 2.67 bits per heavy atom. The fourth-order valence-electron chi connectivity index (χ4n) is 2.84. The van der Waals surface area contributed by atoms with Gasteiger partial charge in [-0.3, -0.25) is 4.68 Å². The van der Waals surface area contributed by atoms with Crippen LogP contribution in [0.15, 0.2) is 17.3 Å². The van der Waals surface area contributed by atoms with E-state index >= 15 is 0 Å². The van der Waals surface area contributed by atoms with Crippen LogP contribution in [0.4, 0.5) is 0 Å². The molecule has 1 aliphatic rings. The fraction of sp³-hybridized carbons (Fsp3) is 0.769. The van der Waals surface area contributed by atoms with Gasteiger partial charge in [-0.25, -0.2) is 13.1 Å². The number of aliphatic hydroxyl groups is 1. The number of sulfonamides is 1. The molecule has 0 spiro atoms. The minimum atomic E-state index is -3.56. The molecule has 0 radical (unpaired) electrons. The normalized spacial score (nSPS) is 18.5. The van der Waals surface area contributed by atoms with E-state index in [9.17, 15) is 8.42 Å². The van der Waals surface area contributed by atoms with E-state index in [1.54, 1.807) is 0 Å². The van der Waals surface area contributed by atoms with Crippen LogP contribution in [0.2, 0.25) is 0 Å². The molecular weight excluding hydrogens is 292 g/mol. The van der Waals surface area contributed by atoms with Crippen LogP contribution in [0, 0.1) is 0 Å². The number of hydrogen-bond acceptors (Lipinski definition) is 5.